The Kier molecular flexibility index (Phi) is 4.78. The van der Waals surface area contributed by atoms with E-state index in [-0.39, 0.29) is 17.1 Å². The largest absolute Gasteiger partial charge is 0.327 e. The molecule has 1 heterocycles. The highest BCUT2D eigenvalue weighted by atomic mass is 32.2. The highest BCUT2D eigenvalue weighted by molar-refractivity contribution is 7.89. The minimum Gasteiger partial charge on any atom is -0.327 e. The van der Waals surface area contributed by atoms with Crippen LogP contribution < -0.4 is 10.5 Å². The van der Waals surface area contributed by atoms with Gasteiger partial charge in [-0.3, -0.25) is 0 Å². The van der Waals surface area contributed by atoms with E-state index in [0.717, 1.165) is 0 Å². The molecule has 17 heavy (non-hydrogen) atoms. The lowest BCUT2D eigenvalue weighted by molar-refractivity contribution is 0.585. The second-order valence-corrected chi connectivity index (χ2v) is 4.76. The molecule has 0 fully saturated rings. The predicted octanol–water partition coefficient (Wildman–Crippen LogP) is -0.254. The highest BCUT2D eigenvalue weighted by Gasteiger charge is 2.17. The fourth-order valence-electron chi connectivity index (χ4n) is 1.11. The molecule has 90 valence electrons. The zero-order valence-corrected chi connectivity index (χ0v) is 9.81. The molecule has 3 N–H and O–H groups in total. The van der Waals surface area contributed by atoms with Gasteiger partial charge in [0.1, 0.15) is 11.0 Å². The van der Waals surface area contributed by atoms with Crippen molar-refractivity contribution in [2.45, 2.75) is 4.90 Å². The summed E-state index contributed by atoms with van der Waals surface area (Å²) in [6, 6.07) is 4.53. The van der Waals surface area contributed by atoms with Gasteiger partial charge in [0.05, 0.1) is 0 Å². The van der Waals surface area contributed by atoms with Crippen molar-refractivity contribution in [2.75, 3.05) is 13.1 Å². The number of nitrogens with zero attached hydrogens (tertiary/aromatic N) is 2. The molecule has 0 spiro atoms. The van der Waals surface area contributed by atoms with Gasteiger partial charge in [0.2, 0.25) is 10.0 Å². The Balaban J connectivity index is 2.91. The average molecular weight is 252 g/mol. The number of nitrogens with two attached hydrogens (primary N) is 1. The SMILES string of the molecule is N#Cc1ncccc1S(=O)(=O)NC/C=C/CN. The van der Waals surface area contributed by atoms with Crippen LogP contribution in [0.4, 0.5) is 0 Å². The summed E-state index contributed by atoms with van der Waals surface area (Å²) in [5, 5.41) is 8.76. The maximum absolute atomic E-state index is 11.8. The second kappa shape index (κ2) is 6.10. The minimum absolute atomic E-state index is 0.122. The number of rotatable bonds is 5. The Labute approximate surface area is 99.8 Å². The van der Waals surface area contributed by atoms with E-state index < -0.39 is 10.0 Å². The van der Waals surface area contributed by atoms with E-state index in [0.29, 0.717) is 6.54 Å². The monoisotopic (exact) mass is 252 g/mol. The Morgan fingerprint density at radius 1 is 1.53 bits per heavy atom. The van der Waals surface area contributed by atoms with Gasteiger partial charge in [0.15, 0.2) is 5.69 Å². The van der Waals surface area contributed by atoms with E-state index in [1.54, 1.807) is 18.2 Å². The van der Waals surface area contributed by atoms with Crippen molar-refractivity contribution in [1.82, 2.24) is 9.71 Å². The Morgan fingerprint density at radius 2 is 2.29 bits per heavy atom. The van der Waals surface area contributed by atoms with Crippen LogP contribution in [0.3, 0.4) is 0 Å². The van der Waals surface area contributed by atoms with Crippen molar-refractivity contribution in [2.24, 2.45) is 5.73 Å². The molecule has 0 aliphatic heterocycles. The van der Waals surface area contributed by atoms with Gasteiger partial charge in [-0.05, 0) is 12.1 Å². The molecule has 0 amide bonds. The van der Waals surface area contributed by atoms with Crippen LogP contribution in [0, 0.1) is 11.3 Å². The van der Waals surface area contributed by atoms with E-state index in [1.165, 1.54) is 18.3 Å². The second-order valence-electron chi connectivity index (χ2n) is 3.02. The molecule has 0 bridgehead atoms. The fourth-order valence-corrected chi connectivity index (χ4v) is 2.19. The van der Waals surface area contributed by atoms with Gasteiger partial charge < -0.3 is 5.73 Å². The van der Waals surface area contributed by atoms with E-state index in [2.05, 4.69) is 9.71 Å². The first kappa shape index (κ1) is 13.3. The molecular weight excluding hydrogens is 240 g/mol. The average Bonchev–Trinajstić information content (AvgIpc) is 2.34. The zero-order valence-electron chi connectivity index (χ0n) is 9.00. The van der Waals surface area contributed by atoms with Gasteiger partial charge in [0, 0.05) is 19.3 Å². The standard InChI is InChI=1S/C10H12N4O2S/c11-5-1-2-7-14-17(15,16)10-4-3-6-13-9(10)8-12/h1-4,6,14H,5,7,11H2/b2-1+. The van der Waals surface area contributed by atoms with Gasteiger partial charge in [-0.15, -0.1) is 0 Å². The van der Waals surface area contributed by atoms with E-state index in [1.807, 2.05) is 0 Å². The lowest BCUT2D eigenvalue weighted by atomic mass is 10.4. The van der Waals surface area contributed by atoms with Crippen LogP contribution in [-0.2, 0) is 10.0 Å². The zero-order chi connectivity index (χ0) is 12.7. The van der Waals surface area contributed by atoms with Crippen LogP contribution in [0.15, 0.2) is 35.4 Å². The molecule has 0 radical (unpaired) electrons. The third-order valence-electron chi connectivity index (χ3n) is 1.86. The first-order valence-electron chi connectivity index (χ1n) is 4.81. The van der Waals surface area contributed by atoms with E-state index in [4.69, 9.17) is 11.0 Å². The smallest absolute Gasteiger partial charge is 0.243 e. The topological polar surface area (TPSA) is 109 Å². The maximum Gasteiger partial charge on any atom is 0.243 e. The van der Waals surface area contributed by atoms with Crippen LogP contribution in [0.5, 0.6) is 0 Å². The fraction of sp³-hybridized carbons (Fsp3) is 0.200. The number of hydrogen-bond donors (Lipinski definition) is 2. The molecular formula is C10H12N4O2S. The number of hydrogen-bond acceptors (Lipinski definition) is 5. The predicted molar refractivity (Wildman–Crippen MR) is 62.3 cm³/mol. The lowest BCUT2D eigenvalue weighted by Gasteiger charge is -2.05. The summed E-state index contributed by atoms with van der Waals surface area (Å²) in [4.78, 5) is 3.57. The van der Waals surface area contributed by atoms with Crippen molar-refractivity contribution >= 4 is 10.0 Å². The van der Waals surface area contributed by atoms with Crippen LogP contribution in [0.1, 0.15) is 5.69 Å². The van der Waals surface area contributed by atoms with Crippen LogP contribution in [0.2, 0.25) is 0 Å². The molecule has 0 aromatic carbocycles. The van der Waals surface area contributed by atoms with Gasteiger partial charge in [-0.2, -0.15) is 5.26 Å². The molecule has 0 atom stereocenters. The quantitative estimate of drug-likeness (QED) is 0.702. The summed E-state index contributed by atoms with van der Waals surface area (Å²) in [7, 11) is -3.71. The summed E-state index contributed by atoms with van der Waals surface area (Å²) in [6.07, 6.45) is 4.60. The molecule has 0 aliphatic carbocycles. The molecule has 7 heteroatoms. The van der Waals surface area contributed by atoms with Crippen molar-refractivity contribution in [3.63, 3.8) is 0 Å². The third kappa shape index (κ3) is 3.64. The summed E-state index contributed by atoms with van der Waals surface area (Å²) in [6.45, 7) is 0.470. The number of nitrogens with one attached hydrogen (secondary N) is 1. The van der Waals surface area contributed by atoms with E-state index >= 15 is 0 Å². The number of sulfonamides is 1. The van der Waals surface area contributed by atoms with Crippen LogP contribution in [0.25, 0.3) is 0 Å². The van der Waals surface area contributed by atoms with E-state index in [9.17, 15) is 8.42 Å². The third-order valence-corrected chi connectivity index (χ3v) is 3.32. The Morgan fingerprint density at radius 3 is 2.94 bits per heavy atom. The molecule has 1 aromatic rings. The summed E-state index contributed by atoms with van der Waals surface area (Å²) in [5.41, 5.74) is 5.10. The molecule has 1 rings (SSSR count). The van der Waals surface area contributed by atoms with Gasteiger partial charge in [-0.25, -0.2) is 18.1 Å². The van der Waals surface area contributed by atoms with Gasteiger partial charge >= 0.3 is 0 Å². The first-order valence-corrected chi connectivity index (χ1v) is 6.30. The summed E-state index contributed by atoms with van der Waals surface area (Å²) < 4.78 is 25.9. The van der Waals surface area contributed by atoms with Gasteiger partial charge in [-0.1, -0.05) is 12.2 Å². The minimum atomic E-state index is -3.71. The highest BCUT2D eigenvalue weighted by Crippen LogP contribution is 2.11. The van der Waals surface area contributed by atoms with Crippen molar-refractivity contribution < 1.29 is 8.42 Å². The van der Waals surface area contributed by atoms with Crippen LogP contribution >= 0.6 is 0 Å². The number of aromatic nitrogens is 1. The van der Waals surface area contributed by atoms with Gasteiger partial charge in [0.25, 0.3) is 0 Å². The number of nitriles is 1. The molecule has 0 saturated carbocycles. The molecule has 6 nitrogen and oxygen atoms in total. The molecule has 0 aliphatic rings. The van der Waals surface area contributed by atoms with Crippen molar-refractivity contribution in [1.29, 1.82) is 5.26 Å². The Hall–Kier alpha value is -1.75. The molecule has 1 aromatic heterocycles. The Bertz CT molecular complexity index is 546. The van der Waals surface area contributed by atoms with Crippen LogP contribution in [-0.4, -0.2) is 26.5 Å². The normalized spacial score (nSPS) is 11.5. The number of pyridine rings is 1. The summed E-state index contributed by atoms with van der Waals surface area (Å²) in [5.74, 6) is 0. The first-order chi connectivity index (χ1) is 8.11. The molecule has 0 unspecified atom stereocenters. The lowest BCUT2D eigenvalue weighted by Crippen LogP contribution is -2.25. The van der Waals surface area contributed by atoms with Crippen molar-refractivity contribution in [3.05, 3.63) is 36.2 Å². The van der Waals surface area contributed by atoms with Crippen molar-refractivity contribution in [3.8, 4) is 6.07 Å². The maximum atomic E-state index is 11.8. The molecule has 0 saturated heterocycles. The summed E-state index contributed by atoms with van der Waals surface area (Å²) >= 11 is 0.